The molecule has 1 aliphatic rings. The van der Waals surface area contributed by atoms with Gasteiger partial charge in [-0.1, -0.05) is 24.3 Å². The SMILES string of the molecule is CN1CCN(c2nc(N)nc3cc(C(=O)NC(Cc4ccc(-c5cncc(C(F)(F)F)c5)cc4)C(=O)N(C)C)ccc23)CC1. The Hall–Kier alpha value is -4.78. The monoisotopic (exact) mass is 606 g/mol. The molecule has 1 unspecified atom stereocenters. The molecule has 0 spiro atoms. The van der Waals surface area contributed by atoms with Crippen LogP contribution in [0.4, 0.5) is 24.9 Å². The van der Waals surface area contributed by atoms with Crippen molar-refractivity contribution in [1.29, 1.82) is 0 Å². The van der Waals surface area contributed by atoms with Gasteiger partial charge in [0.15, 0.2) is 0 Å². The molecular weight excluding hydrogens is 573 g/mol. The Balaban J connectivity index is 1.35. The van der Waals surface area contributed by atoms with Crippen molar-refractivity contribution >= 4 is 34.5 Å². The highest BCUT2D eigenvalue weighted by molar-refractivity contribution is 6.02. The highest BCUT2D eigenvalue weighted by atomic mass is 19.4. The second-order valence-corrected chi connectivity index (χ2v) is 11.0. The third-order valence-electron chi connectivity index (χ3n) is 7.60. The average molecular weight is 607 g/mol. The molecule has 2 aromatic carbocycles. The van der Waals surface area contributed by atoms with Crippen molar-refractivity contribution in [3.05, 3.63) is 77.6 Å². The molecule has 1 aliphatic heterocycles. The lowest BCUT2D eigenvalue weighted by Crippen LogP contribution is -2.47. The van der Waals surface area contributed by atoms with E-state index in [1.807, 2.05) is 0 Å². The number of nitrogens with two attached hydrogens (primary N) is 1. The number of amides is 2. The number of hydrogen-bond donors (Lipinski definition) is 2. The first-order chi connectivity index (χ1) is 20.9. The van der Waals surface area contributed by atoms with Crippen molar-refractivity contribution in [2.45, 2.75) is 18.6 Å². The Morgan fingerprint density at radius 3 is 2.34 bits per heavy atom. The van der Waals surface area contributed by atoms with Crippen molar-refractivity contribution in [3.63, 3.8) is 0 Å². The van der Waals surface area contributed by atoms with E-state index in [0.717, 1.165) is 49.6 Å². The average Bonchev–Trinajstić information content (AvgIpc) is 3.00. The lowest BCUT2D eigenvalue weighted by Gasteiger charge is -2.33. The number of nitrogens with zero attached hydrogens (tertiary/aromatic N) is 6. The highest BCUT2D eigenvalue weighted by Crippen LogP contribution is 2.31. The fourth-order valence-corrected chi connectivity index (χ4v) is 5.11. The molecule has 5 rings (SSSR count). The van der Waals surface area contributed by atoms with E-state index in [2.05, 4.69) is 37.1 Å². The summed E-state index contributed by atoms with van der Waals surface area (Å²) in [6.45, 7) is 3.35. The van der Waals surface area contributed by atoms with E-state index >= 15 is 0 Å². The summed E-state index contributed by atoms with van der Waals surface area (Å²) in [7, 11) is 5.26. The van der Waals surface area contributed by atoms with Crippen LogP contribution in [-0.4, -0.2) is 89.9 Å². The second kappa shape index (κ2) is 12.4. The number of rotatable bonds is 7. The Labute approximate surface area is 252 Å². The smallest absolute Gasteiger partial charge is 0.368 e. The fraction of sp³-hybridized carbons (Fsp3) is 0.323. The minimum absolute atomic E-state index is 0.106. The number of carbonyl (C=O) groups is 2. The van der Waals surface area contributed by atoms with Crippen LogP contribution in [0.25, 0.3) is 22.0 Å². The van der Waals surface area contributed by atoms with Gasteiger partial charge in [-0.3, -0.25) is 14.6 Å². The standard InChI is InChI=1S/C31H33F3N8O2/c1-40(2)29(44)26(14-19-4-6-20(7-5-19)22-15-23(18-36-17-22)31(32,33)34)37-28(43)21-8-9-24-25(16-21)38-30(35)39-27(24)42-12-10-41(3)11-13-42/h4-9,15-18,26H,10-14H2,1-3H3,(H,37,43)(H2,35,38,39). The summed E-state index contributed by atoms with van der Waals surface area (Å²) in [5.41, 5.74) is 7.60. The van der Waals surface area contributed by atoms with Gasteiger partial charge in [-0.2, -0.15) is 18.2 Å². The van der Waals surface area contributed by atoms with Crippen LogP contribution >= 0.6 is 0 Å². The highest BCUT2D eigenvalue weighted by Gasteiger charge is 2.31. The van der Waals surface area contributed by atoms with E-state index in [-0.39, 0.29) is 18.3 Å². The molecule has 2 aromatic heterocycles. The molecule has 230 valence electrons. The molecule has 10 nitrogen and oxygen atoms in total. The van der Waals surface area contributed by atoms with Crippen LogP contribution in [0, 0.1) is 0 Å². The molecule has 0 bridgehead atoms. The zero-order valence-corrected chi connectivity index (χ0v) is 24.6. The Morgan fingerprint density at radius 2 is 1.68 bits per heavy atom. The molecule has 13 heteroatoms. The number of benzene rings is 2. The maximum Gasteiger partial charge on any atom is 0.417 e. The van der Waals surface area contributed by atoms with Gasteiger partial charge in [0.1, 0.15) is 11.9 Å². The lowest BCUT2D eigenvalue weighted by atomic mass is 10.00. The number of halogens is 3. The third-order valence-corrected chi connectivity index (χ3v) is 7.60. The van der Waals surface area contributed by atoms with Gasteiger partial charge in [0.2, 0.25) is 11.9 Å². The maximum absolute atomic E-state index is 13.4. The van der Waals surface area contributed by atoms with Crippen molar-refractivity contribution in [3.8, 4) is 11.1 Å². The summed E-state index contributed by atoms with van der Waals surface area (Å²) in [5.74, 6) is 0.0536. The predicted molar refractivity (Wildman–Crippen MR) is 162 cm³/mol. The zero-order chi connectivity index (χ0) is 31.6. The summed E-state index contributed by atoms with van der Waals surface area (Å²) in [5, 5.41) is 3.61. The van der Waals surface area contributed by atoms with Gasteiger partial charge in [0.05, 0.1) is 11.1 Å². The summed E-state index contributed by atoms with van der Waals surface area (Å²) in [6.07, 6.45) is -2.19. The molecule has 3 N–H and O–H groups in total. The predicted octanol–water partition coefficient (Wildman–Crippen LogP) is 3.47. The number of nitrogens with one attached hydrogen (secondary N) is 1. The van der Waals surface area contributed by atoms with Crippen LogP contribution in [0.1, 0.15) is 21.5 Å². The first-order valence-corrected chi connectivity index (χ1v) is 14.0. The van der Waals surface area contributed by atoms with Crippen LogP contribution in [-0.2, 0) is 17.4 Å². The normalized spacial score (nSPS) is 14.8. The second-order valence-electron chi connectivity index (χ2n) is 11.0. The van der Waals surface area contributed by atoms with Crippen molar-refractivity contribution in [1.82, 2.24) is 30.1 Å². The summed E-state index contributed by atoms with van der Waals surface area (Å²) >= 11 is 0. The number of alkyl halides is 3. The summed E-state index contributed by atoms with van der Waals surface area (Å²) in [6, 6.07) is 12.0. The van der Waals surface area contributed by atoms with E-state index in [9.17, 15) is 22.8 Å². The van der Waals surface area contributed by atoms with Crippen LogP contribution < -0.4 is 16.0 Å². The van der Waals surface area contributed by atoms with E-state index in [1.165, 1.54) is 11.1 Å². The number of aromatic nitrogens is 3. The molecular formula is C31H33F3N8O2. The molecule has 0 saturated carbocycles. The first-order valence-electron chi connectivity index (χ1n) is 14.0. The number of fused-ring (bicyclic) bond motifs is 1. The molecule has 2 amide bonds. The van der Waals surface area contributed by atoms with Crippen LogP contribution in [0.5, 0.6) is 0 Å². The van der Waals surface area contributed by atoms with E-state index in [4.69, 9.17) is 5.73 Å². The zero-order valence-electron chi connectivity index (χ0n) is 24.6. The van der Waals surface area contributed by atoms with E-state index < -0.39 is 23.7 Å². The van der Waals surface area contributed by atoms with Gasteiger partial charge in [0, 0.05) is 75.6 Å². The summed E-state index contributed by atoms with van der Waals surface area (Å²) in [4.78, 5) is 44.8. The van der Waals surface area contributed by atoms with Crippen LogP contribution in [0.3, 0.4) is 0 Å². The molecule has 1 saturated heterocycles. The van der Waals surface area contributed by atoms with Gasteiger partial charge >= 0.3 is 6.18 Å². The fourth-order valence-electron chi connectivity index (χ4n) is 5.11. The van der Waals surface area contributed by atoms with Gasteiger partial charge < -0.3 is 25.8 Å². The Morgan fingerprint density at radius 1 is 0.977 bits per heavy atom. The van der Waals surface area contributed by atoms with Crippen LogP contribution in [0.2, 0.25) is 0 Å². The number of piperazine rings is 1. The van der Waals surface area contributed by atoms with Crippen LogP contribution in [0.15, 0.2) is 60.9 Å². The number of carbonyl (C=O) groups excluding carboxylic acids is 2. The number of nitrogen functional groups attached to an aromatic ring is 1. The molecule has 44 heavy (non-hydrogen) atoms. The van der Waals surface area contributed by atoms with Crippen molar-refractivity contribution in [2.75, 3.05) is 58.0 Å². The topological polar surface area (TPSA) is 121 Å². The quantitative estimate of drug-likeness (QED) is 0.328. The minimum Gasteiger partial charge on any atom is -0.368 e. The molecule has 0 aliphatic carbocycles. The largest absolute Gasteiger partial charge is 0.417 e. The number of pyridine rings is 1. The number of anilines is 2. The summed E-state index contributed by atoms with van der Waals surface area (Å²) < 4.78 is 39.4. The van der Waals surface area contributed by atoms with E-state index in [1.54, 1.807) is 56.6 Å². The molecule has 0 radical (unpaired) electrons. The molecule has 3 heterocycles. The number of likely N-dealkylation sites (N-methyl/N-ethyl adjacent to an activating group) is 2. The first kappa shape index (κ1) is 30.7. The Kier molecular flexibility index (Phi) is 8.68. The third kappa shape index (κ3) is 6.88. The molecule has 4 aromatic rings. The lowest BCUT2D eigenvalue weighted by molar-refractivity contribution is -0.137. The van der Waals surface area contributed by atoms with Gasteiger partial charge in [-0.05, 0) is 42.4 Å². The molecule has 1 atom stereocenters. The van der Waals surface area contributed by atoms with Gasteiger partial charge in [-0.25, -0.2) is 4.98 Å². The van der Waals surface area contributed by atoms with Crippen molar-refractivity contribution in [2.24, 2.45) is 0 Å². The van der Waals surface area contributed by atoms with Gasteiger partial charge in [0.25, 0.3) is 5.91 Å². The Bertz CT molecular complexity index is 1670. The molecule has 1 fully saturated rings. The van der Waals surface area contributed by atoms with E-state index in [0.29, 0.717) is 27.8 Å². The van der Waals surface area contributed by atoms with Gasteiger partial charge in [-0.15, -0.1) is 0 Å². The minimum atomic E-state index is -4.50. The maximum atomic E-state index is 13.4. The number of hydrogen-bond acceptors (Lipinski definition) is 8. The van der Waals surface area contributed by atoms with Crippen molar-refractivity contribution < 1.29 is 22.8 Å².